The number of nitrogens with zero attached hydrogens (tertiary/aromatic N) is 2. The van der Waals surface area contributed by atoms with E-state index in [4.69, 9.17) is 14.9 Å². The zero-order valence-electron chi connectivity index (χ0n) is 11.7. The maximum absolute atomic E-state index is 9.02. The molecule has 0 bridgehead atoms. The minimum Gasteiger partial charge on any atom is -0.465 e. The molecule has 0 spiro atoms. The third kappa shape index (κ3) is 3.28. The van der Waals surface area contributed by atoms with Gasteiger partial charge in [0.2, 0.25) is 0 Å². The van der Waals surface area contributed by atoms with Crippen LogP contribution in [0.1, 0.15) is 32.4 Å². The fourth-order valence-electron chi connectivity index (χ4n) is 2.47. The number of allylic oxidation sites excluding steroid dienone is 5. The molecule has 3 heteroatoms. The summed E-state index contributed by atoms with van der Waals surface area (Å²) in [5.74, 6) is 0.792. The van der Waals surface area contributed by atoms with Gasteiger partial charge >= 0.3 is 0 Å². The van der Waals surface area contributed by atoms with Gasteiger partial charge in [0.25, 0.3) is 0 Å². The second-order valence-corrected chi connectivity index (χ2v) is 5.71. The van der Waals surface area contributed by atoms with Crippen molar-refractivity contribution in [2.75, 3.05) is 0 Å². The largest absolute Gasteiger partial charge is 0.465 e. The van der Waals surface area contributed by atoms with Crippen LogP contribution in [0.3, 0.4) is 0 Å². The van der Waals surface area contributed by atoms with Crippen LogP contribution in [-0.2, 0) is 0 Å². The van der Waals surface area contributed by atoms with Crippen molar-refractivity contribution in [2.24, 2.45) is 5.41 Å². The Hall–Kier alpha value is -2.52. The first-order valence-electron chi connectivity index (χ1n) is 6.49. The normalized spacial score (nSPS) is 17.4. The standard InChI is InChI=1S/C17H16N2O/c1-17(2)9-13(5-6-16-4-3-7-20-16)8-14(10-17)15(11-18)12-19/h3-8H,9-10H2,1-2H3/b6-5-. The highest BCUT2D eigenvalue weighted by molar-refractivity contribution is 5.53. The summed E-state index contributed by atoms with van der Waals surface area (Å²) in [6, 6.07) is 7.69. The first-order valence-corrected chi connectivity index (χ1v) is 6.49. The van der Waals surface area contributed by atoms with E-state index in [9.17, 15) is 0 Å². The lowest BCUT2D eigenvalue weighted by atomic mass is 9.74. The topological polar surface area (TPSA) is 60.7 Å². The van der Waals surface area contributed by atoms with Crippen molar-refractivity contribution < 1.29 is 4.42 Å². The van der Waals surface area contributed by atoms with Crippen LogP contribution in [0.15, 0.2) is 51.7 Å². The van der Waals surface area contributed by atoms with Crippen LogP contribution in [-0.4, -0.2) is 0 Å². The van der Waals surface area contributed by atoms with Crippen LogP contribution in [0.4, 0.5) is 0 Å². The molecule has 0 saturated heterocycles. The molecule has 3 nitrogen and oxygen atoms in total. The second kappa shape index (κ2) is 5.63. The lowest BCUT2D eigenvalue weighted by molar-refractivity contribution is 0.354. The molecule has 0 aliphatic heterocycles. The zero-order valence-corrected chi connectivity index (χ0v) is 11.7. The van der Waals surface area contributed by atoms with Crippen molar-refractivity contribution in [3.05, 3.63) is 53.0 Å². The van der Waals surface area contributed by atoms with Gasteiger partial charge in [0.15, 0.2) is 0 Å². The van der Waals surface area contributed by atoms with E-state index in [-0.39, 0.29) is 11.0 Å². The molecule has 0 saturated carbocycles. The first kappa shape index (κ1) is 13.9. The van der Waals surface area contributed by atoms with Crippen LogP contribution >= 0.6 is 0 Å². The molecule has 0 atom stereocenters. The van der Waals surface area contributed by atoms with Gasteiger partial charge in [-0.15, -0.1) is 0 Å². The SMILES string of the molecule is CC1(C)CC(/C=C\c2ccco2)=CC(=C(C#N)C#N)C1. The molecule has 2 rings (SSSR count). The van der Waals surface area contributed by atoms with Gasteiger partial charge in [-0.1, -0.05) is 26.0 Å². The molecule has 0 aromatic carbocycles. The van der Waals surface area contributed by atoms with Gasteiger partial charge in [0.05, 0.1) is 6.26 Å². The van der Waals surface area contributed by atoms with Gasteiger partial charge < -0.3 is 4.42 Å². The second-order valence-electron chi connectivity index (χ2n) is 5.71. The van der Waals surface area contributed by atoms with E-state index >= 15 is 0 Å². The maximum Gasteiger partial charge on any atom is 0.132 e. The average Bonchev–Trinajstić information content (AvgIpc) is 2.89. The highest BCUT2D eigenvalue weighted by Gasteiger charge is 2.26. The maximum atomic E-state index is 9.02. The molecule has 0 radical (unpaired) electrons. The Balaban J connectivity index is 2.35. The van der Waals surface area contributed by atoms with Crippen molar-refractivity contribution in [2.45, 2.75) is 26.7 Å². The fraction of sp³-hybridized carbons (Fsp3) is 0.294. The summed E-state index contributed by atoms with van der Waals surface area (Å²) in [6.07, 6.45) is 9.15. The Kier molecular flexibility index (Phi) is 3.91. The van der Waals surface area contributed by atoms with E-state index in [1.807, 2.05) is 42.5 Å². The highest BCUT2D eigenvalue weighted by atomic mass is 16.3. The van der Waals surface area contributed by atoms with Crippen LogP contribution in [0.2, 0.25) is 0 Å². The Labute approximate surface area is 119 Å². The van der Waals surface area contributed by atoms with Crippen molar-refractivity contribution in [1.82, 2.24) is 0 Å². The molecule has 0 amide bonds. The molecule has 1 aliphatic rings. The molecule has 1 aromatic heterocycles. The predicted molar refractivity (Wildman–Crippen MR) is 77.1 cm³/mol. The molecule has 1 heterocycles. The molecule has 1 aliphatic carbocycles. The van der Waals surface area contributed by atoms with Gasteiger partial charge in [0.1, 0.15) is 23.5 Å². The molecular weight excluding hydrogens is 248 g/mol. The fourth-order valence-corrected chi connectivity index (χ4v) is 2.47. The highest BCUT2D eigenvalue weighted by Crippen LogP contribution is 2.39. The number of hydrogen-bond acceptors (Lipinski definition) is 3. The van der Waals surface area contributed by atoms with Crippen LogP contribution in [0, 0.1) is 28.1 Å². The molecule has 100 valence electrons. The van der Waals surface area contributed by atoms with Crippen molar-refractivity contribution in [1.29, 1.82) is 10.5 Å². The monoisotopic (exact) mass is 264 g/mol. The minimum absolute atomic E-state index is 0.0475. The summed E-state index contributed by atoms with van der Waals surface area (Å²) in [4.78, 5) is 0. The van der Waals surface area contributed by atoms with E-state index in [0.29, 0.717) is 0 Å². The van der Waals surface area contributed by atoms with E-state index in [1.54, 1.807) is 6.26 Å². The van der Waals surface area contributed by atoms with Gasteiger partial charge in [-0.25, -0.2) is 0 Å². The quantitative estimate of drug-likeness (QED) is 0.744. The molecule has 1 aromatic rings. The molecule has 20 heavy (non-hydrogen) atoms. The number of rotatable bonds is 2. The smallest absolute Gasteiger partial charge is 0.132 e. The van der Waals surface area contributed by atoms with Gasteiger partial charge in [0, 0.05) is 0 Å². The lowest BCUT2D eigenvalue weighted by Crippen LogP contribution is -2.17. The van der Waals surface area contributed by atoms with Gasteiger partial charge in [-0.3, -0.25) is 0 Å². The van der Waals surface area contributed by atoms with Crippen molar-refractivity contribution >= 4 is 6.08 Å². The third-order valence-electron chi connectivity index (χ3n) is 3.26. The zero-order chi connectivity index (χ0) is 14.6. The summed E-state index contributed by atoms with van der Waals surface area (Å²) in [7, 11) is 0. The Bertz CT molecular complexity index is 643. The van der Waals surface area contributed by atoms with E-state index in [2.05, 4.69) is 13.8 Å². The van der Waals surface area contributed by atoms with Crippen molar-refractivity contribution in [3.8, 4) is 12.1 Å². The number of nitriles is 2. The van der Waals surface area contributed by atoms with Gasteiger partial charge in [-0.05, 0) is 47.6 Å². The van der Waals surface area contributed by atoms with Crippen LogP contribution in [0.25, 0.3) is 6.08 Å². The Morgan fingerprint density at radius 1 is 1.25 bits per heavy atom. The summed E-state index contributed by atoms with van der Waals surface area (Å²) in [5, 5.41) is 18.0. The van der Waals surface area contributed by atoms with E-state index in [1.165, 1.54) is 0 Å². The van der Waals surface area contributed by atoms with Crippen LogP contribution < -0.4 is 0 Å². The summed E-state index contributed by atoms with van der Waals surface area (Å²) in [5.41, 5.74) is 2.19. The number of furan rings is 1. The van der Waals surface area contributed by atoms with Crippen molar-refractivity contribution in [3.63, 3.8) is 0 Å². The molecule has 0 fully saturated rings. The third-order valence-corrected chi connectivity index (χ3v) is 3.26. The Morgan fingerprint density at radius 3 is 2.60 bits per heavy atom. The number of hydrogen-bond donors (Lipinski definition) is 0. The first-order chi connectivity index (χ1) is 9.54. The summed E-state index contributed by atoms with van der Waals surface area (Å²) < 4.78 is 5.26. The summed E-state index contributed by atoms with van der Waals surface area (Å²) in [6.45, 7) is 4.29. The van der Waals surface area contributed by atoms with Gasteiger partial charge in [-0.2, -0.15) is 10.5 Å². The average molecular weight is 264 g/mol. The van der Waals surface area contributed by atoms with Crippen LogP contribution in [0.5, 0.6) is 0 Å². The Morgan fingerprint density at radius 2 is 2.00 bits per heavy atom. The molecule has 0 unspecified atom stereocenters. The van der Waals surface area contributed by atoms with E-state index < -0.39 is 0 Å². The van der Waals surface area contributed by atoms with E-state index in [0.717, 1.165) is 29.7 Å². The summed E-state index contributed by atoms with van der Waals surface area (Å²) >= 11 is 0. The lowest BCUT2D eigenvalue weighted by Gasteiger charge is -2.30. The molecular formula is C17H16N2O. The molecule has 0 N–H and O–H groups in total. The predicted octanol–water partition coefficient (Wildman–Crippen LogP) is 4.38. The minimum atomic E-state index is 0.0475.